The van der Waals surface area contributed by atoms with Crippen LogP contribution in [0.15, 0.2) is 28.7 Å². The molecule has 1 heterocycles. The Hall–Kier alpha value is -1.29. The predicted molar refractivity (Wildman–Crippen MR) is 73.1 cm³/mol. The van der Waals surface area contributed by atoms with Gasteiger partial charge < -0.3 is 5.32 Å². The molecule has 1 aliphatic carbocycles. The lowest BCUT2D eigenvalue weighted by molar-refractivity contribution is 1.05. The van der Waals surface area contributed by atoms with Crippen molar-refractivity contribution in [2.45, 2.75) is 25.8 Å². The summed E-state index contributed by atoms with van der Waals surface area (Å²) in [6.45, 7) is 2.10. The van der Waals surface area contributed by atoms with E-state index in [0.29, 0.717) is 6.04 Å². The summed E-state index contributed by atoms with van der Waals surface area (Å²) in [6, 6.07) is 8.90. The number of aromatic nitrogens is 2. The van der Waals surface area contributed by atoms with Crippen molar-refractivity contribution in [2.75, 3.05) is 5.32 Å². The van der Waals surface area contributed by atoms with Gasteiger partial charge in [-0.1, -0.05) is 28.1 Å². The average molecular weight is 292 g/mol. The molecule has 1 aromatic heterocycles. The summed E-state index contributed by atoms with van der Waals surface area (Å²) in [5.74, 6) is 0.991. The van der Waals surface area contributed by atoms with E-state index in [-0.39, 0.29) is 0 Å². The number of aromatic amines is 1. The molecular formula is C13H14BrN3. The minimum atomic E-state index is 0.634. The molecule has 0 aliphatic heterocycles. The van der Waals surface area contributed by atoms with Crippen molar-refractivity contribution in [3.8, 4) is 11.3 Å². The number of H-pyrrole nitrogens is 1. The highest BCUT2D eigenvalue weighted by molar-refractivity contribution is 9.10. The van der Waals surface area contributed by atoms with Gasteiger partial charge in [0.05, 0.1) is 5.69 Å². The zero-order valence-electron chi connectivity index (χ0n) is 9.63. The second-order valence-corrected chi connectivity index (χ2v) is 5.41. The fourth-order valence-electron chi connectivity index (χ4n) is 1.86. The molecule has 1 saturated carbocycles. The largest absolute Gasteiger partial charge is 0.366 e. The van der Waals surface area contributed by atoms with E-state index in [4.69, 9.17) is 0 Å². The predicted octanol–water partition coefficient (Wildman–Crippen LogP) is 3.72. The molecular weight excluding hydrogens is 278 g/mol. The Balaban J connectivity index is 1.91. The van der Waals surface area contributed by atoms with Crippen LogP contribution in [0.5, 0.6) is 0 Å². The molecule has 3 nitrogen and oxygen atoms in total. The second kappa shape index (κ2) is 4.18. The molecule has 0 spiro atoms. The highest BCUT2D eigenvalue weighted by Crippen LogP contribution is 2.30. The summed E-state index contributed by atoms with van der Waals surface area (Å²) in [6.07, 6.45) is 2.53. The Morgan fingerprint density at radius 1 is 1.29 bits per heavy atom. The minimum absolute atomic E-state index is 0.634. The number of nitrogens with one attached hydrogen (secondary N) is 2. The number of rotatable bonds is 3. The van der Waals surface area contributed by atoms with Gasteiger partial charge >= 0.3 is 0 Å². The summed E-state index contributed by atoms with van der Waals surface area (Å²) in [7, 11) is 0. The van der Waals surface area contributed by atoms with Crippen molar-refractivity contribution >= 4 is 21.7 Å². The quantitative estimate of drug-likeness (QED) is 0.905. The summed E-state index contributed by atoms with van der Waals surface area (Å²) in [4.78, 5) is 0. The highest BCUT2D eigenvalue weighted by Gasteiger charge is 2.23. The topological polar surface area (TPSA) is 40.7 Å². The Morgan fingerprint density at radius 3 is 2.65 bits per heavy atom. The van der Waals surface area contributed by atoms with Gasteiger partial charge in [0.1, 0.15) is 0 Å². The van der Waals surface area contributed by atoms with Crippen LogP contribution in [0, 0.1) is 6.92 Å². The van der Waals surface area contributed by atoms with E-state index in [1.165, 1.54) is 24.0 Å². The van der Waals surface area contributed by atoms with E-state index in [2.05, 4.69) is 50.5 Å². The summed E-state index contributed by atoms with van der Waals surface area (Å²) < 4.78 is 1.09. The molecule has 2 N–H and O–H groups in total. The molecule has 1 aromatic carbocycles. The fraction of sp³-hybridized carbons (Fsp3) is 0.308. The SMILES string of the molecule is Cc1c(NC2CC2)n[nH]c1-c1ccc(Br)cc1. The molecule has 0 atom stereocenters. The van der Waals surface area contributed by atoms with Crippen molar-refractivity contribution in [3.63, 3.8) is 0 Å². The van der Waals surface area contributed by atoms with Crippen LogP contribution < -0.4 is 5.32 Å². The zero-order valence-corrected chi connectivity index (χ0v) is 11.2. The zero-order chi connectivity index (χ0) is 11.8. The van der Waals surface area contributed by atoms with Gasteiger partial charge in [-0.25, -0.2) is 0 Å². The second-order valence-electron chi connectivity index (χ2n) is 4.50. The van der Waals surface area contributed by atoms with Crippen LogP contribution in [0.4, 0.5) is 5.82 Å². The fourth-order valence-corrected chi connectivity index (χ4v) is 2.12. The first kappa shape index (κ1) is 10.8. The Morgan fingerprint density at radius 2 is 2.00 bits per heavy atom. The third-order valence-corrected chi connectivity index (χ3v) is 3.59. The third-order valence-electron chi connectivity index (χ3n) is 3.06. The number of halogens is 1. The van der Waals surface area contributed by atoms with Crippen LogP contribution >= 0.6 is 15.9 Å². The van der Waals surface area contributed by atoms with Crippen LogP contribution in [0.1, 0.15) is 18.4 Å². The van der Waals surface area contributed by atoms with E-state index in [0.717, 1.165) is 16.0 Å². The standard InChI is InChI=1S/C13H14BrN3/c1-8-12(9-2-4-10(14)5-3-9)16-17-13(8)15-11-6-7-11/h2-5,11H,6-7H2,1H3,(H2,15,16,17). The number of benzene rings is 1. The molecule has 0 radical (unpaired) electrons. The van der Waals surface area contributed by atoms with Crippen LogP contribution in [-0.4, -0.2) is 16.2 Å². The lowest BCUT2D eigenvalue weighted by Crippen LogP contribution is -2.02. The van der Waals surface area contributed by atoms with E-state index >= 15 is 0 Å². The van der Waals surface area contributed by atoms with Gasteiger partial charge in [0.15, 0.2) is 5.82 Å². The Bertz CT molecular complexity index is 526. The van der Waals surface area contributed by atoms with Crippen LogP contribution in [-0.2, 0) is 0 Å². The number of anilines is 1. The first-order valence-electron chi connectivity index (χ1n) is 5.81. The molecule has 2 aromatic rings. The normalized spacial score (nSPS) is 14.9. The van der Waals surface area contributed by atoms with Crippen molar-refractivity contribution in [3.05, 3.63) is 34.3 Å². The minimum Gasteiger partial charge on any atom is -0.366 e. The van der Waals surface area contributed by atoms with Crippen molar-refractivity contribution in [2.24, 2.45) is 0 Å². The van der Waals surface area contributed by atoms with Gasteiger partial charge in [-0.05, 0) is 37.5 Å². The molecule has 88 valence electrons. The molecule has 17 heavy (non-hydrogen) atoms. The van der Waals surface area contributed by atoms with Crippen LogP contribution in [0.25, 0.3) is 11.3 Å². The van der Waals surface area contributed by atoms with Gasteiger partial charge in [0.25, 0.3) is 0 Å². The van der Waals surface area contributed by atoms with Crippen molar-refractivity contribution in [1.82, 2.24) is 10.2 Å². The Kier molecular flexibility index (Phi) is 2.67. The maximum Gasteiger partial charge on any atom is 0.151 e. The molecule has 0 bridgehead atoms. The molecule has 0 unspecified atom stereocenters. The monoisotopic (exact) mass is 291 g/mol. The first-order valence-corrected chi connectivity index (χ1v) is 6.61. The average Bonchev–Trinajstić information content (AvgIpc) is 3.07. The molecule has 1 aliphatic rings. The van der Waals surface area contributed by atoms with Crippen molar-refractivity contribution in [1.29, 1.82) is 0 Å². The third kappa shape index (κ3) is 2.22. The van der Waals surface area contributed by atoms with Crippen LogP contribution in [0.2, 0.25) is 0 Å². The van der Waals surface area contributed by atoms with Crippen LogP contribution in [0.3, 0.4) is 0 Å². The maximum atomic E-state index is 4.35. The smallest absolute Gasteiger partial charge is 0.151 e. The highest BCUT2D eigenvalue weighted by atomic mass is 79.9. The molecule has 1 fully saturated rings. The van der Waals surface area contributed by atoms with Gasteiger partial charge in [-0.15, -0.1) is 0 Å². The molecule has 3 rings (SSSR count). The van der Waals surface area contributed by atoms with Gasteiger partial charge in [0, 0.05) is 16.1 Å². The molecule has 0 saturated heterocycles. The number of nitrogens with zero attached hydrogens (tertiary/aromatic N) is 1. The van der Waals surface area contributed by atoms with Gasteiger partial charge in [-0.3, -0.25) is 5.10 Å². The van der Waals surface area contributed by atoms with Gasteiger partial charge in [-0.2, -0.15) is 5.10 Å². The summed E-state index contributed by atoms with van der Waals surface area (Å²) in [5.41, 5.74) is 3.46. The maximum absolute atomic E-state index is 4.35. The van der Waals surface area contributed by atoms with E-state index in [9.17, 15) is 0 Å². The van der Waals surface area contributed by atoms with Crippen molar-refractivity contribution < 1.29 is 0 Å². The Labute approximate surface area is 109 Å². The van der Waals surface area contributed by atoms with E-state index in [1.54, 1.807) is 0 Å². The lowest BCUT2D eigenvalue weighted by atomic mass is 10.1. The first-order chi connectivity index (χ1) is 8.24. The number of hydrogen-bond donors (Lipinski definition) is 2. The lowest BCUT2D eigenvalue weighted by Gasteiger charge is -2.02. The van der Waals surface area contributed by atoms with E-state index < -0.39 is 0 Å². The molecule has 0 amide bonds. The van der Waals surface area contributed by atoms with Gasteiger partial charge in [0.2, 0.25) is 0 Å². The summed E-state index contributed by atoms with van der Waals surface area (Å²) >= 11 is 3.44. The number of hydrogen-bond acceptors (Lipinski definition) is 2. The molecule has 4 heteroatoms. The van der Waals surface area contributed by atoms with E-state index in [1.807, 2.05) is 12.1 Å². The summed E-state index contributed by atoms with van der Waals surface area (Å²) in [5, 5.41) is 10.9.